The molecule has 16 heavy (non-hydrogen) atoms. The molecule has 0 aliphatic heterocycles. The van der Waals surface area contributed by atoms with E-state index in [1.54, 1.807) is 0 Å². The molecule has 0 aliphatic carbocycles. The van der Waals surface area contributed by atoms with Crippen LogP contribution in [0.3, 0.4) is 0 Å². The van der Waals surface area contributed by atoms with Crippen molar-refractivity contribution in [1.82, 2.24) is 4.90 Å². The number of nitrogens with two attached hydrogens (primary N) is 1. The molecule has 0 bridgehead atoms. The van der Waals surface area contributed by atoms with Gasteiger partial charge in [-0.25, -0.2) is 0 Å². The fraction of sp³-hybridized carbons (Fsp3) is 1.00. The summed E-state index contributed by atoms with van der Waals surface area (Å²) in [6.45, 7) is 8.92. The zero-order chi connectivity index (χ0) is 12.3. The topological polar surface area (TPSA) is 90.0 Å². The van der Waals surface area contributed by atoms with Crippen LogP contribution in [-0.4, -0.2) is 65.2 Å². The Morgan fingerprint density at radius 2 is 1.19 bits per heavy atom. The van der Waals surface area contributed by atoms with Gasteiger partial charge in [-0.05, 0) is 19.6 Å². The first-order valence-electron chi connectivity index (χ1n) is 5.37. The summed E-state index contributed by atoms with van der Waals surface area (Å²) in [4.78, 5) is 2.38. The number of aliphatic hydroxyl groups excluding tert-OH is 3. The first kappa shape index (κ1) is 21.1. The van der Waals surface area contributed by atoms with E-state index < -0.39 is 25.4 Å². The summed E-state index contributed by atoms with van der Waals surface area (Å²) >= 11 is 0. The normalized spacial score (nSPS) is 10.5. The van der Waals surface area contributed by atoms with Gasteiger partial charge in [0.15, 0.2) is 0 Å². The summed E-state index contributed by atoms with van der Waals surface area (Å²) in [5.74, 6) is 0. The van der Waals surface area contributed by atoms with Crippen molar-refractivity contribution in [1.29, 1.82) is 0 Å². The minimum atomic E-state index is -1.21. The van der Waals surface area contributed by atoms with Gasteiger partial charge in [-0.15, -0.1) is 0 Å². The third-order valence-corrected chi connectivity index (χ3v) is 2.29. The molecule has 5 nitrogen and oxygen atoms in total. The highest BCUT2D eigenvalue weighted by molar-refractivity contribution is 4.80. The van der Waals surface area contributed by atoms with Gasteiger partial charge in [0.1, 0.15) is 0 Å². The van der Waals surface area contributed by atoms with E-state index in [-0.39, 0.29) is 6.13 Å². The maximum Gasteiger partial charge on any atom is 1.00 e. The maximum atomic E-state index is 8.34. The Labute approximate surface area is 98.7 Å². The third kappa shape index (κ3) is 10.3. The SMILES string of the molecule is CCN(CC)CC.NC(CO)(CO)CO.[F-].[H+]. The molecule has 0 saturated carbocycles. The van der Waals surface area contributed by atoms with E-state index in [0.29, 0.717) is 0 Å². The Morgan fingerprint density at radius 1 is 0.938 bits per heavy atom. The van der Waals surface area contributed by atoms with Gasteiger partial charge in [0, 0.05) is 0 Å². The van der Waals surface area contributed by atoms with Crippen LogP contribution in [0.2, 0.25) is 0 Å². The van der Waals surface area contributed by atoms with Gasteiger partial charge >= 0.3 is 1.43 Å². The Hall–Kier alpha value is -0.270. The molecule has 0 aromatic carbocycles. The molecule has 102 valence electrons. The molecule has 0 radical (unpaired) electrons. The summed E-state index contributed by atoms with van der Waals surface area (Å²) in [6, 6.07) is 0. The van der Waals surface area contributed by atoms with Crippen LogP contribution in [0.1, 0.15) is 22.2 Å². The molecule has 6 heteroatoms. The molecule has 0 fully saturated rings. The molecule has 0 saturated heterocycles. The standard InChI is InChI=1S/C6H15N.C4H11NO3.FH/c1-4-7(5-2)6-3;5-4(1-6,2-7)3-8;/h4-6H2,1-3H3;6-8H,1-3,5H2;1H. The molecule has 0 spiro atoms. The molecule has 5 N–H and O–H groups in total. The van der Waals surface area contributed by atoms with E-state index in [2.05, 4.69) is 25.7 Å². The molecular formula is C10H27FN2O3. The van der Waals surface area contributed by atoms with Crippen molar-refractivity contribution in [2.45, 2.75) is 26.3 Å². The first-order valence-corrected chi connectivity index (χ1v) is 5.37. The van der Waals surface area contributed by atoms with Gasteiger partial charge in [-0.2, -0.15) is 0 Å². The van der Waals surface area contributed by atoms with Gasteiger partial charge in [-0.3, -0.25) is 0 Å². The van der Waals surface area contributed by atoms with Gasteiger partial charge in [0.25, 0.3) is 0 Å². The second kappa shape index (κ2) is 12.8. The Kier molecular flexibility index (Phi) is 16.8. The van der Waals surface area contributed by atoms with E-state index in [0.717, 1.165) is 0 Å². The molecule has 0 heterocycles. The van der Waals surface area contributed by atoms with Crippen molar-refractivity contribution in [3.63, 3.8) is 0 Å². The number of nitrogens with zero attached hydrogens (tertiary/aromatic N) is 1. The Morgan fingerprint density at radius 3 is 1.19 bits per heavy atom. The number of hydrogen-bond donors (Lipinski definition) is 4. The van der Waals surface area contributed by atoms with Gasteiger partial charge in [-0.1, -0.05) is 20.8 Å². The largest absolute Gasteiger partial charge is 1.00 e. The first-order chi connectivity index (χ1) is 7.03. The van der Waals surface area contributed by atoms with Crippen molar-refractivity contribution in [3.8, 4) is 0 Å². The third-order valence-electron chi connectivity index (χ3n) is 2.29. The Balaban J connectivity index is -0.0000000896. The summed E-state index contributed by atoms with van der Waals surface area (Å²) in [5.41, 5.74) is 3.94. The average molecular weight is 242 g/mol. The smallest absolute Gasteiger partial charge is 1.00 e. The monoisotopic (exact) mass is 242 g/mol. The predicted molar refractivity (Wildman–Crippen MR) is 62.7 cm³/mol. The predicted octanol–water partition coefficient (Wildman–Crippen LogP) is -3.87. The van der Waals surface area contributed by atoms with Crippen LogP contribution in [0.15, 0.2) is 0 Å². The van der Waals surface area contributed by atoms with Gasteiger partial charge < -0.3 is 30.7 Å². The summed E-state index contributed by atoms with van der Waals surface area (Å²) in [7, 11) is 0. The highest BCUT2D eigenvalue weighted by Crippen LogP contribution is 1.93. The molecule has 0 atom stereocenters. The lowest BCUT2D eigenvalue weighted by atomic mass is 10.1. The van der Waals surface area contributed by atoms with Crippen molar-refractivity contribution >= 4 is 0 Å². The minimum Gasteiger partial charge on any atom is -1.00 e. The van der Waals surface area contributed by atoms with E-state index in [1.165, 1.54) is 19.6 Å². The second-order valence-electron chi connectivity index (χ2n) is 3.46. The van der Waals surface area contributed by atoms with Crippen LogP contribution < -0.4 is 10.4 Å². The van der Waals surface area contributed by atoms with Gasteiger partial charge in [0.2, 0.25) is 0 Å². The van der Waals surface area contributed by atoms with Crippen LogP contribution in [0, 0.1) is 0 Å². The fourth-order valence-corrected chi connectivity index (χ4v) is 0.821. The lowest BCUT2D eigenvalue weighted by Gasteiger charge is -2.20. The minimum absolute atomic E-state index is 0. The zero-order valence-electron chi connectivity index (χ0n) is 11.5. The highest BCUT2D eigenvalue weighted by atomic mass is 19.0. The molecule has 0 amide bonds. The molecule has 0 aromatic rings. The van der Waals surface area contributed by atoms with Crippen LogP contribution in [0.25, 0.3) is 0 Å². The van der Waals surface area contributed by atoms with E-state index >= 15 is 0 Å². The number of rotatable bonds is 6. The van der Waals surface area contributed by atoms with E-state index in [9.17, 15) is 0 Å². The van der Waals surface area contributed by atoms with Crippen LogP contribution >= 0.6 is 0 Å². The summed E-state index contributed by atoms with van der Waals surface area (Å²) < 4.78 is 0. The number of aliphatic hydroxyl groups is 3. The summed E-state index contributed by atoms with van der Waals surface area (Å²) in [5, 5.41) is 25.0. The molecule has 0 rings (SSSR count). The zero-order valence-corrected chi connectivity index (χ0v) is 10.5. The molecular weight excluding hydrogens is 215 g/mol. The van der Waals surface area contributed by atoms with Crippen molar-refractivity contribution in [2.75, 3.05) is 39.5 Å². The number of hydrogen-bond acceptors (Lipinski definition) is 5. The van der Waals surface area contributed by atoms with Crippen LogP contribution in [0.5, 0.6) is 0 Å². The van der Waals surface area contributed by atoms with Crippen molar-refractivity contribution in [3.05, 3.63) is 0 Å². The molecule has 0 aromatic heterocycles. The lowest BCUT2D eigenvalue weighted by Crippen LogP contribution is -3.00. The molecule has 0 aliphatic rings. The highest BCUT2D eigenvalue weighted by Gasteiger charge is 2.20. The van der Waals surface area contributed by atoms with E-state index in [1.807, 2.05) is 0 Å². The fourth-order valence-electron chi connectivity index (χ4n) is 0.821. The van der Waals surface area contributed by atoms with Gasteiger partial charge in [0.05, 0.1) is 25.4 Å². The Bertz CT molecular complexity index is 123. The lowest BCUT2D eigenvalue weighted by molar-refractivity contribution is -0.00000863. The van der Waals surface area contributed by atoms with Crippen LogP contribution in [-0.2, 0) is 0 Å². The van der Waals surface area contributed by atoms with Crippen LogP contribution in [0.4, 0.5) is 0 Å². The second-order valence-corrected chi connectivity index (χ2v) is 3.46. The summed E-state index contributed by atoms with van der Waals surface area (Å²) in [6.07, 6.45) is 0. The van der Waals surface area contributed by atoms with Crippen molar-refractivity contribution < 1.29 is 21.5 Å². The maximum absolute atomic E-state index is 8.34. The average Bonchev–Trinajstić information content (AvgIpc) is 2.31. The quantitative estimate of drug-likeness (QED) is 0.383. The van der Waals surface area contributed by atoms with Crippen molar-refractivity contribution in [2.24, 2.45) is 5.73 Å². The number of halogens is 1. The molecule has 0 unspecified atom stereocenters. The van der Waals surface area contributed by atoms with E-state index in [4.69, 9.17) is 21.1 Å².